The predicted molar refractivity (Wildman–Crippen MR) is 112 cm³/mol. The van der Waals surface area contributed by atoms with Gasteiger partial charge in [0.1, 0.15) is 11.7 Å². The average Bonchev–Trinajstić information content (AvgIpc) is 3.16. The average molecular weight is 412 g/mol. The van der Waals surface area contributed by atoms with Crippen LogP contribution in [0.4, 0.5) is 0 Å². The summed E-state index contributed by atoms with van der Waals surface area (Å²) in [5, 5.41) is 2.98. The van der Waals surface area contributed by atoms with Crippen LogP contribution in [0.2, 0.25) is 0 Å². The Morgan fingerprint density at radius 2 is 2.17 bits per heavy atom. The number of benzene rings is 1. The maximum atomic E-state index is 12.6. The number of hydrogen-bond acceptors (Lipinski definition) is 6. The molecule has 1 aromatic carbocycles. The van der Waals surface area contributed by atoms with Crippen LogP contribution in [-0.4, -0.2) is 60.9 Å². The number of morpholine rings is 1. The Labute approximate surface area is 177 Å². The minimum Gasteiger partial charge on any atom is -0.481 e. The summed E-state index contributed by atoms with van der Waals surface area (Å²) < 4.78 is 17.2. The van der Waals surface area contributed by atoms with E-state index in [0.29, 0.717) is 32.1 Å². The molecule has 3 heterocycles. The van der Waals surface area contributed by atoms with E-state index >= 15 is 0 Å². The number of amides is 1. The van der Waals surface area contributed by atoms with Gasteiger partial charge in [-0.1, -0.05) is 30.3 Å². The van der Waals surface area contributed by atoms with E-state index in [-0.39, 0.29) is 5.91 Å². The molecule has 4 rings (SSSR count). The third-order valence-electron chi connectivity index (χ3n) is 5.72. The molecule has 1 spiro atoms. The highest BCUT2D eigenvalue weighted by molar-refractivity contribution is 5.81. The van der Waals surface area contributed by atoms with Crippen LogP contribution in [0.15, 0.2) is 42.6 Å². The Morgan fingerprint density at radius 3 is 2.93 bits per heavy atom. The van der Waals surface area contributed by atoms with Gasteiger partial charge in [-0.25, -0.2) is 4.98 Å². The van der Waals surface area contributed by atoms with Gasteiger partial charge < -0.3 is 19.5 Å². The third kappa shape index (κ3) is 4.80. The highest BCUT2D eigenvalue weighted by atomic mass is 16.6. The SMILES string of the molecule is COc1ncc(CN2CCOC3(COC(C(=O)NCc4ccccc4)C3)C2)cc1C. The van der Waals surface area contributed by atoms with E-state index in [9.17, 15) is 4.79 Å². The molecule has 2 fully saturated rings. The van der Waals surface area contributed by atoms with E-state index in [2.05, 4.69) is 21.3 Å². The van der Waals surface area contributed by atoms with Crippen molar-refractivity contribution in [1.29, 1.82) is 0 Å². The Hall–Kier alpha value is -2.48. The summed E-state index contributed by atoms with van der Waals surface area (Å²) in [5.74, 6) is 0.581. The summed E-state index contributed by atoms with van der Waals surface area (Å²) in [7, 11) is 1.63. The molecule has 7 nitrogen and oxygen atoms in total. The summed E-state index contributed by atoms with van der Waals surface area (Å²) in [4.78, 5) is 19.3. The fourth-order valence-electron chi connectivity index (χ4n) is 4.22. The molecule has 1 amide bonds. The number of carbonyl (C=O) groups is 1. The number of rotatable bonds is 6. The molecule has 0 radical (unpaired) electrons. The van der Waals surface area contributed by atoms with Crippen LogP contribution in [0.25, 0.3) is 0 Å². The number of ether oxygens (including phenoxy) is 3. The maximum absolute atomic E-state index is 12.6. The lowest BCUT2D eigenvalue weighted by Gasteiger charge is -2.39. The first-order chi connectivity index (χ1) is 14.6. The number of aromatic nitrogens is 1. The predicted octanol–water partition coefficient (Wildman–Crippen LogP) is 2.07. The van der Waals surface area contributed by atoms with Gasteiger partial charge in [-0.3, -0.25) is 9.69 Å². The molecule has 0 bridgehead atoms. The molecular weight excluding hydrogens is 382 g/mol. The van der Waals surface area contributed by atoms with Crippen molar-refractivity contribution in [1.82, 2.24) is 15.2 Å². The summed E-state index contributed by atoms with van der Waals surface area (Å²) in [5.41, 5.74) is 2.81. The Kier molecular flexibility index (Phi) is 6.32. The second kappa shape index (κ2) is 9.12. The second-order valence-electron chi connectivity index (χ2n) is 8.12. The Bertz CT molecular complexity index is 876. The summed E-state index contributed by atoms with van der Waals surface area (Å²) in [6, 6.07) is 12.0. The van der Waals surface area contributed by atoms with Gasteiger partial charge in [-0.2, -0.15) is 0 Å². The zero-order valence-corrected chi connectivity index (χ0v) is 17.6. The molecule has 2 atom stereocenters. The van der Waals surface area contributed by atoms with Gasteiger partial charge in [0.15, 0.2) is 0 Å². The second-order valence-corrected chi connectivity index (χ2v) is 8.12. The van der Waals surface area contributed by atoms with Crippen LogP contribution in [-0.2, 0) is 27.4 Å². The summed E-state index contributed by atoms with van der Waals surface area (Å²) in [6.07, 6.45) is 1.96. The third-order valence-corrected chi connectivity index (χ3v) is 5.72. The van der Waals surface area contributed by atoms with Gasteiger partial charge >= 0.3 is 0 Å². The molecule has 2 aliphatic heterocycles. The van der Waals surface area contributed by atoms with Crippen molar-refractivity contribution in [3.8, 4) is 5.88 Å². The number of nitrogens with zero attached hydrogens (tertiary/aromatic N) is 2. The number of methoxy groups -OCH3 is 1. The molecule has 2 saturated heterocycles. The Balaban J connectivity index is 1.32. The number of carbonyl (C=O) groups excluding carboxylic acids is 1. The number of pyridine rings is 1. The smallest absolute Gasteiger partial charge is 0.249 e. The standard InChI is InChI=1S/C23H29N3O4/c1-17-10-19(13-25-22(17)28-2)14-26-8-9-30-23(15-26)11-20(29-16-23)21(27)24-12-18-6-4-3-5-7-18/h3-7,10,13,20H,8-9,11-12,14-16H2,1-2H3,(H,24,27). The van der Waals surface area contributed by atoms with Crippen molar-refractivity contribution in [2.45, 2.75) is 38.1 Å². The first kappa shape index (κ1) is 20.8. The molecule has 0 saturated carbocycles. The van der Waals surface area contributed by atoms with E-state index in [0.717, 1.165) is 36.3 Å². The highest BCUT2D eigenvalue weighted by Gasteiger charge is 2.46. The lowest BCUT2D eigenvalue weighted by atomic mass is 9.97. The zero-order chi connectivity index (χ0) is 21.0. The summed E-state index contributed by atoms with van der Waals surface area (Å²) >= 11 is 0. The quantitative estimate of drug-likeness (QED) is 0.785. The van der Waals surface area contributed by atoms with Gasteiger partial charge in [0, 0.05) is 44.4 Å². The van der Waals surface area contributed by atoms with Crippen molar-refractivity contribution >= 4 is 5.91 Å². The first-order valence-corrected chi connectivity index (χ1v) is 10.4. The van der Waals surface area contributed by atoms with E-state index < -0.39 is 11.7 Å². The van der Waals surface area contributed by atoms with E-state index in [1.165, 1.54) is 0 Å². The largest absolute Gasteiger partial charge is 0.481 e. The van der Waals surface area contributed by atoms with Gasteiger partial charge in [0.2, 0.25) is 11.8 Å². The maximum Gasteiger partial charge on any atom is 0.249 e. The van der Waals surface area contributed by atoms with Crippen LogP contribution in [0.5, 0.6) is 5.88 Å². The molecule has 160 valence electrons. The molecular formula is C23H29N3O4. The molecule has 2 aliphatic rings. The van der Waals surface area contributed by atoms with Gasteiger partial charge in [-0.15, -0.1) is 0 Å². The fraction of sp³-hybridized carbons (Fsp3) is 0.478. The van der Waals surface area contributed by atoms with Crippen molar-refractivity contribution in [2.24, 2.45) is 0 Å². The van der Waals surface area contributed by atoms with Crippen LogP contribution >= 0.6 is 0 Å². The minimum atomic E-state index is -0.474. The van der Waals surface area contributed by atoms with Crippen LogP contribution in [0, 0.1) is 6.92 Å². The van der Waals surface area contributed by atoms with E-state index in [1.54, 1.807) is 7.11 Å². The molecule has 30 heavy (non-hydrogen) atoms. The lowest BCUT2D eigenvalue weighted by molar-refractivity contribution is -0.130. The van der Waals surface area contributed by atoms with Gasteiger partial charge in [-0.05, 0) is 24.1 Å². The van der Waals surface area contributed by atoms with Crippen molar-refractivity contribution in [3.05, 3.63) is 59.3 Å². The topological polar surface area (TPSA) is 72.9 Å². The monoisotopic (exact) mass is 411 g/mol. The van der Waals surface area contributed by atoms with Crippen molar-refractivity contribution in [2.75, 3.05) is 33.4 Å². The first-order valence-electron chi connectivity index (χ1n) is 10.4. The number of nitrogens with one attached hydrogen (secondary N) is 1. The summed E-state index contributed by atoms with van der Waals surface area (Å²) in [6.45, 7) is 5.94. The van der Waals surface area contributed by atoms with Crippen LogP contribution < -0.4 is 10.1 Å². The number of hydrogen-bond donors (Lipinski definition) is 1. The molecule has 1 N–H and O–H groups in total. The molecule has 7 heteroatoms. The number of aryl methyl sites for hydroxylation is 1. The van der Waals surface area contributed by atoms with Crippen LogP contribution in [0.1, 0.15) is 23.1 Å². The van der Waals surface area contributed by atoms with Crippen LogP contribution in [0.3, 0.4) is 0 Å². The van der Waals surface area contributed by atoms with E-state index in [4.69, 9.17) is 14.2 Å². The minimum absolute atomic E-state index is 0.0774. The highest BCUT2D eigenvalue weighted by Crippen LogP contribution is 2.32. The molecule has 2 aromatic rings. The molecule has 0 aliphatic carbocycles. The van der Waals surface area contributed by atoms with Gasteiger partial charge in [0.05, 0.1) is 20.3 Å². The van der Waals surface area contributed by atoms with Gasteiger partial charge in [0.25, 0.3) is 0 Å². The molecule has 1 aromatic heterocycles. The lowest BCUT2D eigenvalue weighted by Crippen LogP contribution is -2.52. The normalized spacial score (nSPS) is 24.1. The fourth-order valence-corrected chi connectivity index (χ4v) is 4.22. The molecule has 2 unspecified atom stereocenters. The van der Waals surface area contributed by atoms with E-state index in [1.807, 2.05) is 43.5 Å². The zero-order valence-electron chi connectivity index (χ0n) is 17.6. The van der Waals surface area contributed by atoms with Crippen molar-refractivity contribution in [3.63, 3.8) is 0 Å². The Morgan fingerprint density at radius 1 is 1.33 bits per heavy atom. The van der Waals surface area contributed by atoms with Crippen molar-refractivity contribution < 1.29 is 19.0 Å².